The maximum Gasteiger partial charge on any atom is 0.421 e. The van der Waals surface area contributed by atoms with Gasteiger partial charge in [-0.15, -0.1) is 0 Å². The molecule has 3 N–H and O–H groups in total. The van der Waals surface area contributed by atoms with Crippen LogP contribution in [0.4, 0.5) is 30.6 Å². The van der Waals surface area contributed by atoms with Gasteiger partial charge in [0.25, 0.3) is 0 Å². The molecule has 1 fully saturated rings. The van der Waals surface area contributed by atoms with Crippen LogP contribution in [0.1, 0.15) is 39.2 Å². The highest BCUT2D eigenvalue weighted by atomic mass is 32.2. The van der Waals surface area contributed by atoms with Gasteiger partial charge in [-0.25, -0.2) is 18.1 Å². The Morgan fingerprint density at radius 3 is 2.59 bits per heavy atom. The highest BCUT2D eigenvalue weighted by Gasteiger charge is 2.39. The van der Waals surface area contributed by atoms with Crippen molar-refractivity contribution in [2.45, 2.75) is 56.3 Å². The molecule has 1 saturated heterocycles. The van der Waals surface area contributed by atoms with E-state index in [1.54, 1.807) is 20.8 Å². The van der Waals surface area contributed by atoms with Gasteiger partial charge in [-0.2, -0.15) is 18.2 Å². The summed E-state index contributed by atoms with van der Waals surface area (Å²) in [6, 6.07) is 3.73. The van der Waals surface area contributed by atoms with Gasteiger partial charge in [-0.05, 0) is 45.7 Å². The number of rotatable bonds is 7. The minimum absolute atomic E-state index is 0.00867. The second kappa shape index (κ2) is 9.55. The number of piperidine rings is 1. The maximum absolute atomic E-state index is 13.6. The molecule has 13 heteroatoms. The van der Waals surface area contributed by atoms with E-state index in [1.807, 2.05) is 0 Å². The first-order chi connectivity index (χ1) is 15.7. The summed E-state index contributed by atoms with van der Waals surface area (Å²) in [5.74, 6) is -0.343. The monoisotopic (exact) mass is 503 g/mol. The Labute approximate surface area is 196 Å². The molecular weight excluding hydrogens is 475 g/mol. The van der Waals surface area contributed by atoms with Gasteiger partial charge < -0.3 is 20.1 Å². The number of hydrogen-bond acceptors (Lipinski definition) is 8. The number of aliphatic hydroxyl groups is 1. The van der Waals surface area contributed by atoms with Gasteiger partial charge in [0.15, 0.2) is 0 Å². The number of β-amino-alcohol motifs (C(OH)–C–C–N with tert-alkyl or cyclic N) is 1. The lowest BCUT2D eigenvalue weighted by molar-refractivity contribution is -0.137. The molecule has 0 radical (unpaired) electrons. The van der Waals surface area contributed by atoms with E-state index in [0.29, 0.717) is 25.6 Å². The Morgan fingerprint density at radius 2 is 2.00 bits per heavy atom. The Morgan fingerprint density at radius 1 is 1.29 bits per heavy atom. The first-order valence-electron chi connectivity index (χ1n) is 10.6. The largest absolute Gasteiger partial charge is 0.495 e. The van der Waals surface area contributed by atoms with Gasteiger partial charge >= 0.3 is 6.18 Å². The van der Waals surface area contributed by atoms with Crippen LogP contribution >= 0.6 is 0 Å². The summed E-state index contributed by atoms with van der Waals surface area (Å²) in [5, 5.41) is 13.2. The Balaban J connectivity index is 1.97. The third kappa shape index (κ3) is 6.07. The average molecular weight is 504 g/mol. The predicted octanol–water partition coefficient (Wildman–Crippen LogP) is 3.29. The minimum atomic E-state index is -4.69. The predicted molar refractivity (Wildman–Crippen MR) is 121 cm³/mol. The van der Waals surface area contributed by atoms with E-state index < -0.39 is 27.4 Å². The molecule has 0 spiro atoms. The summed E-state index contributed by atoms with van der Waals surface area (Å²) in [5.41, 5.74) is -1.89. The highest BCUT2D eigenvalue weighted by Crippen LogP contribution is 2.38. The van der Waals surface area contributed by atoms with Crippen molar-refractivity contribution in [2.24, 2.45) is 0 Å². The van der Waals surface area contributed by atoms with Crippen LogP contribution in [-0.4, -0.2) is 55.3 Å². The standard InChI is InChI=1S/C21H28F3N5O4S/c1-13(2)28-34(31,32)14-6-7-16(17(10-14)33-4)26-19-25-11-15(21(22,23)24)18(27-19)29-9-5-8-20(3,30)12-29/h6-7,10-11,13,28,30H,5,8-9,12H2,1-4H3,(H,25,26,27)/t20-/m0/s1. The number of anilines is 3. The van der Waals surface area contributed by atoms with Crippen LogP contribution < -0.4 is 19.7 Å². The van der Waals surface area contributed by atoms with E-state index in [9.17, 15) is 26.7 Å². The third-order valence-electron chi connectivity index (χ3n) is 5.17. The molecule has 3 rings (SSSR count). The normalized spacial score (nSPS) is 19.4. The van der Waals surface area contributed by atoms with Crippen molar-refractivity contribution >= 4 is 27.5 Å². The molecule has 0 unspecified atom stereocenters. The number of aromatic nitrogens is 2. The maximum atomic E-state index is 13.6. The minimum Gasteiger partial charge on any atom is -0.495 e. The molecule has 1 aromatic carbocycles. The number of ether oxygens (including phenoxy) is 1. The number of methoxy groups -OCH3 is 1. The molecular formula is C21H28F3N5O4S. The lowest BCUT2D eigenvalue weighted by Gasteiger charge is -2.38. The number of alkyl halides is 3. The zero-order chi connectivity index (χ0) is 25.3. The summed E-state index contributed by atoms with van der Waals surface area (Å²) >= 11 is 0. The molecule has 9 nitrogen and oxygen atoms in total. The van der Waals surface area contributed by atoms with Crippen molar-refractivity contribution in [2.75, 3.05) is 30.4 Å². The van der Waals surface area contributed by atoms with Crippen LogP contribution in [0, 0.1) is 0 Å². The molecule has 0 bridgehead atoms. The van der Waals surface area contributed by atoms with Crippen molar-refractivity contribution in [3.63, 3.8) is 0 Å². The molecule has 0 amide bonds. The van der Waals surface area contributed by atoms with Gasteiger partial charge in [0, 0.05) is 31.4 Å². The fraction of sp³-hybridized carbons (Fsp3) is 0.524. The average Bonchev–Trinajstić information content (AvgIpc) is 2.71. The van der Waals surface area contributed by atoms with Crippen molar-refractivity contribution in [3.8, 4) is 5.75 Å². The van der Waals surface area contributed by atoms with Crippen LogP contribution in [0.5, 0.6) is 5.75 Å². The van der Waals surface area contributed by atoms with Gasteiger partial charge in [0.05, 0.1) is 23.3 Å². The first-order valence-corrected chi connectivity index (χ1v) is 12.1. The van der Waals surface area contributed by atoms with E-state index in [0.717, 1.165) is 0 Å². The van der Waals surface area contributed by atoms with Gasteiger partial charge in [0.1, 0.15) is 17.1 Å². The van der Waals surface area contributed by atoms with E-state index in [4.69, 9.17) is 4.74 Å². The van der Waals surface area contributed by atoms with Gasteiger partial charge in [-0.3, -0.25) is 0 Å². The van der Waals surface area contributed by atoms with Crippen LogP contribution in [0.2, 0.25) is 0 Å². The molecule has 34 heavy (non-hydrogen) atoms. The van der Waals surface area contributed by atoms with Crippen LogP contribution in [0.15, 0.2) is 29.3 Å². The second-order valence-corrected chi connectivity index (χ2v) is 10.4. The fourth-order valence-corrected chi connectivity index (χ4v) is 4.98. The number of sulfonamides is 1. The van der Waals surface area contributed by atoms with Crippen LogP contribution in [0.3, 0.4) is 0 Å². The van der Waals surface area contributed by atoms with Crippen LogP contribution in [0.25, 0.3) is 0 Å². The highest BCUT2D eigenvalue weighted by molar-refractivity contribution is 7.89. The SMILES string of the molecule is COc1cc(S(=O)(=O)NC(C)C)ccc1Nc1ncc(C(F)(F)F)c(N2CCC[C@](C)(O)C2)n1. The molecule has 0 saturated carbocycles. The number of nitrogens with one attached hydrogen (secondary N) is 2. The Hall–Kier alpha value is -2.64. The lowest BCUT2D eigenvalue weighted by atomic mass is 9.95. The topological polar surface area (TPSA) is 117 Å². The van der Waals surface area contributed by atoms with Crippen LogP contribution in [-0.2, 0) is 16.2 Å². The molecule has 1 aliphatic rings. The lowest BCUT2D eigenvalue weighted by Crippen LogP contribution is -2.47. The number of halogens is 3. The van der Waals surface area contributed by atoms with E-state index in [2.05, 4.69) is 20.0 Å². The second-order valence-electron chi connectivity index (χ2n) is 8.71. The molecule has 1 atom stereocenters. The van der Waals surface area contributed by atoms with Crippen molar-refractivity contribution in [3.05, 3.63) is 30.0 Å². The zero-order valence-corrected chi connectivity index (χ0v) is 20.1. The van der Waals surface area contributed by atoms with Crippen molar-refractivity contribution in [1.82, 2.24) is 14.7 Å². The zero-order valence-electron chi connectivity index (χ0n) is 19.3. The first kappa shape index (κ1) is 26.0. The molecule has 0 aliphatic carbocycles. The van der Waals surface area contributed by atoms with Crippen molar-refractivity contribution < 1.29 is 31.4 Å². The van der Waals surface area contributed by atoms with E-state index >= 15 is 0 Å². The summed E-state index contributed by atoms with van der Waals surface area (Å²) in [4.78, 5) is 9.26. The van der Waals surface area contributed by atoms with Gasteiger partial charge in [0.2, 0.25) is 16.0 Å². The fourth-order valence-electron chi connectivity index (χ4n) is 3.72. The van der Waals surface area contributed by atoms with E-state index in [1.165, 1.54) is 30.2 Å². The quantitative estimate of drug-likeness (QED) is 0.527. The number of benzene rings is 1. The molecule has 2 aromatic rings. The Kier molecular flexibility index (Phi) is 7.29. The number of hydrogen-bond donors (Lipinski definition) is 3. The van der Waals surface area contributed by atoms with Gasteiger partial charge in [-0.1, -0.05) is 0 Å². The molecule has 1 aromatic heterocycles. The molecule has 188 valence electrons. The summed E-state index contributed by atoms with van der Waals surface area (Å²) < 4.78 is 73.6. The van der Waals surface area contributed by atoms with Crippen molar-refractivity contribution in [1.29, 1.82) is 0 Å². The number of nitrogens with zero attached hydrogens (tertiary/aromatic N) is 3. The summed E-state index contributed by atoms with van der Waals surface area (Å²) in [6.07, 6.45) is -3.02. The molecule has 2 heterocycles. The van der Waals surface area contributed by atoms with E-state index in [-0.39, 0.29) is 40.7 Å². The summed E-state index contributed by atoms with van der Waals surface area (Å²) in [6.45, 7) is 5.24. The molecule has 1 aliphatic heterocycles. The summed E-state index contributed by atoms with van der Waals surface area (Å²) in [7, 11) is -2.45. The smallest absolute Gasteiger partial charge is 0.421 e. The third-order valence-corrected chi connectivity index (χ3v) is 6.83. The Bertz CT molecular complexity index is 1140.